The quantitative estimate of drug-likeness (QED) is 0.643. The normalized spacial score (nSPS) is 22.6. The number of likely N-dealkylation sites (tertiary alicyclic amines) is 1. The smallest absolute Gasteiger partial charge is 0.000956 e. The molecule has 1 heteroatoms. The predicted octanol–water partition coefficient (Wildman–Crippen LogP) is 3.93. The second-order valence-electron chi connectivity index (χ2n) is 5.46. The van der Waals surface area contributed by atoms with Gasteiger partial charge in [0.15, 0.2) is 0 Å². The zero-order chi connectivity index (χ0) is 11.1. The van der Waals surface area contributed by atoms with E-state index < -0.39 is 0 Å². The highest BCUT2D eigenvalue weighted by molar-refractivity contribution is 4.70. The minimum atomic E-state index is 0.884. The van der Waals surface area contributed by atoms with E-state index in [0.29, 0.717) is 0 Å². The second-order valence-corrected chi connectivity index (χ2v) is 5.46. The van der Waals surface area contributed by atoms with E-state index in [4.69, 9.17) is 0 Å². The standard InChI is InChI=1S/C14H29N/c1-4-5-9-13(2)14(3)12-15-10-7-6-8-11-15/h13-14H,4-12H2,1-3H3. The van der Waals surface area contributed by atoms with E-state index >= 15 is 0 Å². The van der Waals surface area contributed by atoms with E-state index in [9.17, 15) is 0 Å². The van der Waals surface area contributed by atoms with Crippen molar-refractivity contribution in [3.8, 4) is 0 Å². The second kappa shape index (κ2) is 7.27. The van der Waals surface area contributed by atoms with Gasteiger partial charge in [0, 0.05) is 6.54 Å². The lowest BCUT2D eigenvalue weighted by Crippen LogP contribution is -2.35. The maximum atomic E-state index is 2.68. The van der Waals surface area contributed by atoms with Gasteiger partial charge in [-0.2, -0.15) is 0 Å². The summed E-state index contributed by atoms with van der Waals surface area (Å²) in [5.74, 6) is 1.79. The summed E-state index contributed by atoms with van der Waals surface area (Å²) in [4.78, 5) is 2.68. The molecular weight excluding hydrogens is 182 g/mol. The number of piperidine rings is 1. The molecule has 0 saturated carbocycles. The van der Waals surface area contributed by atoms with E-state index in [0.717, 1.165) is 11.8 Å². The van der Waals surface area contributed by atoms with Crippen LogP contribution in [0.2, 0.25) is 0 Å². The lowest BCUT2D eigenvalue weighted by molar-refractivity contribution is 0.173. The summed E-state index contributed by atoms with van der Waals surface area (Å²) in [6, 6.07) is 0. The third kappa shape index (κ3) is 5.01. The zero-order valence-electron chi connectivity index (χ0n) is 11.0. The van der Waals surface area contributed by atoms with E-state index in [2.05, 4.69) is 25.7 Å². The van der Waals surface area contributed by atoms with Crippen LogP contribution in [0.3, 0.4) is 0 Å². The molecule has 0 aliphatic carbocycles. The first-order valence-corrected chi connectivity index (χ1v) is 6.96. The Balaban J connectivity index is 2.17. The molecule has 1 rings (SSSR count). The third-order valence-electron chi connectivity index (χ3n) is 3.98. The summed E-state index contributed by atoms with van der Waals surface area (Å²) in [7, 11) is 0. The Morgan fingerprint density at radius 3 is 2.27 bits per heavy atom. The fraction of sp³-hybridized carbons (Fsp3) is 1.00. The van der Waals surface area contributed by atoms with Gasteiger partial charge in [-0.25, -0.2) is 0 Å². The average Bonchev–Trinajstić information content (AvgIpc) is 2.27. The monoisotopic (exact) mass is 211 g/mol. The number of unbranched alkanes of at least 4 members (excludes halogenated alkanes) is 1. The number of nitrogens with zero attached hydrogens (tertiary/aromatic N) is 1. The van der Waals surface area contributed by atoms with Gasteiger partial charge in [-0.3, -0.25) is 0 Å². The van der Waals surface area contributed by atoms with Crippen LogP contribution in [0.15, 0.2) is 0 Å². The fourth-order valence-corrected chi connectivity index (χ4v) is 2.54. The summed E-state index contributed by atoms with van der Waals surface area (Å²) in [5, 5.41) is 0. The fourth-order valence-electron chi connectivity index (χ4n) is 2.54. The molecule has 90 valence electrons. The van der Waals surface area contributed by atoms with Crippen LogP contribution in [0.4, 0.5) is 0 Å². The van der Waals surface area contributed by atoms with Crippen molar-refractivity contribution >= 4 is 0 Å². The topological polar surface area (TPSA) is 3.24 Å². The van der Waals surface area contributed by atoms with Crippen molar-refractivity contribution in [1.82, 2.24) is 4.90 Å². The van der Waals surface area contributed by atoms with Crippen molar-refractivity contribution in [2.75, 3.05) is 19.6 Å². The molecule has 0 bridgehead atoms. The summed E-state index contributed by atoms with van der Waals surface area (Å²) < 4.78 is 0. The first-order valence-electron chi connectivity index (χ1n) is 6.96. The third-order valence-corrected chi connectivity index (χ3v) is 3.98. The Kier molecular flexibility index (Phi) is 6.31. The summed E-state index contributed by atoms with van der Waals surface area (Å²) in [5.41, 5.74) is 0. The molecule has 0 spiro atoms. The Morgan fingerprint density at radius 2 is 1.67 bits per heavy atom. The van der Waals surface area contributed by atoms with Crippen molar-refractivity contribution in [2.45, 2.75) is 59.3 Å². The Hall–Kier alpha value is -0.0400. The van der Waals surface area contributed by atoms with Crippen LogP contribution in [-0.4, -0.2) is 24.5 Å². The Morgan fingerprint density at radius 1 is 1.00 bits per heavy atom. The van der Waals surface area contributed by atoms with Gasteiger partial charge < -0.3 is 4.90 Å². The average molecular weight is 211 g/mol. The molecule has 1 fully saturated rings. The minimum Gasteiger partial charge on any atom is -0.303 e. The first kappa shape index (κ1) is 13.0. The van der Waals surface area contributed by atoms with Crippen molar-refractivity contribution < 1.29 is 0 Å². The van der Waals surface area contributed by atoms with Crippen molar-refractivity contribution in [3.63, 3.8) is 0 Å². The Bertz CT molecular complexity index is 149. The molecule has 1 aliphatic rings. The highest BCUT2D eigenvalue weighted by atomic mass is 15.1. The summed E-state index contributed by atoms with van der Waals surface area (Å²) in [6.07, 6.45) is 8.49. The SMILES string of the molecule is CCCCC(C)C(C)CN1CCCCC1. The first-order chi connectivity index (χ1) is 7.24. The van der Waals surface area contributed by atoms with Crippen molar-refractivity contribution in [2.24, 2.45) is 11.8 Å². The van der Waals surface area contributed by atoms with Gasteiger partial charge in [-0.15, -0.1) is 0 Å². The predicted molar refractivity (Wildman–Crippen MR) is 68.1 cm³/mol. The van der Waals surface area contributed by atoms with Gasteiger partial charge in [-0.05, 0) is 37.8 Å². The van der Waals surface area contributed by atoms with Gasteiger partial charge in [-0.1, -0.05) is 46.5 Å². The van der Waals surface area contributed by atoms with Crippen LogP contribution in [0.1, 0.15) is 59.3 Å². The van der Waals surface area contributed by atoms with Crippen LogP contribution in [0.25, 0.3) is 0 Å². The highest BCUT2D eigenvalue weighted by Crippen LogP contribution is 2.20. The van der Waals surface area contributed by atoms with Gasteiger partial charge in [0.2, 0.25) is 0 Å². The molecule has 1 nitrogen and oxygen atoms in total. The molecule has 2 unspecified atom stereocenters. The molecule has 0 aromatic rings. The molecule has 2 atom stereocenters. The Labute approximate surface area is 96.2 Å². The van der Waals surface area contributed by atoms with E-state index in [-0.39, 0.29) is 0 Å². The van der Waals surface area contributed by atoms with Gasteiger partial charge >= 0.3 is 0 Å². The molecule has 15 heavy (non-hydrogen) atoms. The molecule has 1 aliphatic heterocycles. The lowest BCUT2D eigenvalue weighted by Gasteiger charge is -2.31. The molecule has 0 aromatic heterocycles. The van der Waals surface area contributed by atoms with Crippen LogP contribution >= 0.6 is 0 Å². The van der Waals surface area contributed by atoms with E-state index in [1.54, 1.807) is 0 Å². The highest BCUT2D eigenvalue weighted by Gasteiger charge is 2.17. The van der Waals surface area contributed by atoms with Gasteiger partial charge in [0.1, 0.15) is 0 Å². The number of rotatable bonds is 6. The number of hydrogen-bond donors (Lipinski definition) is 0. The molecule has 0 aromatic carbocycles. The van der Waals surface area contributed by atoms with E-state index in [1.807, 2.05) is 0 Å². The van der Waals surface area contributed by atoms with Gasteiger partial charge in [0.25, 0.3) is 0 Å². The van der Waals surface area contributed by atoms with Crippen molar-refractivity contribution in [1.29, 1.82) is 0 Å². The largest absolute Gasteiger partial charge is 0.303 e. The molecule has 1 heterocycles. The zero-order valence-corrected chi connectivity index (χ0v) is 11.0. The van der Waals surface area contributed by atoms with Crippen LogP contribution in [0, 0.1) is 11.8 Å². The lowest BCUT2D eigenvalue weighted by atomic mass is 9.90. The molecular formula is C14H29N. The summed E-state index contributed by atoms with van der Waals surface area (Å²) >= 11 is 0. The van der Waals surface area contributed by atoms with Gasteiger partial charge in [0.05, 0.1) is 0 Å². The van der Waals surface area contributed by atoms with Crippen LogP contribution in [-0.2, 0) is 0 Å². The molecule has 0 amide bonds. The van der Waals surface area contributed by atoms with Crippen molar-refractivity contribution in [3.05, 3.63) is 0 Å². The van der Waals surface area contributed by atoms with Crippen LogP contribution < -0.4 is 0 Å². The number of hydrogen-bond acceptors (Lipinski definition) is 1. The maximum Gasteiger partial charge on any atom is 0.000956 e. The minimum absolute atomic E-state index is 0.884. The van der Waals surface area contributed by atoms with E-state index in [1.165, 1.54) is 58.2 Å². The summed E-state index contributed by atoms with van der Waals surface area (Å²) in [6.45, 7) is 11.2. The molecule has 0 radical (unpaired) electrons. The molecule has 1 saturated heterocycles. The van der Waals surface area contributed by atoms with Crippen LogP contribution in [0.5, 0.6) is 0 Å². The molecule has 0 N–H and O–H groups in total. The maximum absolute atomic E-state index is 2.68.